The number of carbonyl (C=O) groups is 2. The number of amides is 2. The maximum atomic E-state index is 13.3. The molecule has 2 amide bonds. The Balaban J connectivity index is 1.32. The molecule has 1 aromatic heterocycles. The molecule has 38 heavy (non-hydrogen) atoms. The molecular weight excluding hydrogens is 480 g/mol. The fourth-order valence-electron chi connectivity index (χ4n) is 4.97. The fourth-order valence-corrected chi connectivity index (χ4v) is 4.97. The summed E-state index contributed by atoms with van der Waals surface area (Å²) in [6.07, 6.45) is 0.904. The lowest BCUT2D eigenvalue weighted by molar-refractivity contribution is 0.0946. The van der Waals surface area contributed by atoms with Crippen molar-refractivity contribution in [2.45, 2.75) is 13.0 Å². The molecule has 0 saturated heterocycles. The van der Waals surface area contributed by atoms with E-state index in [1.54, 1.807) is 26.4 Å². The minimum atomic E-state index is -0.613. The van der Waals surface area contributed by atoms with E-state index in [2.05, 4.69) is 21.3 Å². The largest absolute Gasteiger partial charge is 0.493 e. The molecule has 0 aliphatic carbocycles. The second-order valence-electron chi connectivity index (χ2n) is 9.25. The number of benzene rings is 3. The molecule has 0 saturated carbocycles. The predicted octanol–water partition coefficient (Wildman–Crippen LogP) is 3.81. The molecule has 194 valence electrons. The molecule has 3 N–H and O–H groups in total. The number of rotatable bonds is 8. The summed E-state index contributed by atoms with van der Waals surface area (Å²) in [5, 5.41) is 4.74. The number of primary amides is 1. The molecule has 0 spiro atoms. The zero-order chi connectivity index (χ0) is 26.6. The van der Waals surface area contributed by atoms with Crippen LogP contribution in [-0.2, 0) is 13.0 Å². The predicted molar refractivity (Wildman–Crippen MR) is 147 cm³/mol. The maximum absolute atomic E-state index is 13.3. The van der Waals surface area contributed by atoms with E-state index in [1.165, 1.54) is 11.1 Å². The number of hydrogen-bond acceptors (Lipinski definition) is 6. The number of pyridine rings is 1. The van der Waals surface area contributed by atoms with Gasteiger partial charge in [0.05, 0.1) is 19.9 Å². The average molecular weight is 511 g/mol. The fraction of sp³-hybridized carbons (Fsp3) is 0.233. The summed E-state index contributed by atoms with van der Waals surface area (Å²) in [4.78, 5) is 32.1. The lowest BCUT2D eigenvalue weighted by atomic mass is 9.98. The molecule has 5 rings (SSSR count). The molecule has 0 radical (unpaired) electrons. The molecule has 1 aliphatic heterocycles. The zero-order valence-electron chi connectivity index (χ0n) is 21.5. The molecular formula is C30H30N4O4. The second kappa shape index (κ2) is 10.9. The summed E-state index contributed by atoms with van der Waals surface area (Å²) in [7, 11) is 3.29. The molecule has 0 fully saturated rings. The lowest BCUT2D eigenvalue weighted by Crippen LogP contribution is -2.38. The monoisotopic (exact) mass is 510 g/mol. The van der Waals surface area contributed by atoms with Crippen molar-refractivity contribution >= 4 is 22.6 Å². The standard InChI is InChI=1S/C30H30N4O4/c1-37-26-16-19-11-13-34(18-21(19)17-27(26)38-2)14-12-32-30(36)24-10-6-5-9-23(24)28-22-8-4-3-7-20(22)15-25(33-28)29(31)35/h3-10,15-17H,11-14,18H2,1-2H3,(H2,31,35)(H,32,36). The van der Waals surface area contributed by atoms with E-state index in [-0.39, 0.29) is 11.6 Å². The highest BCUT2D eigenvalue weighted by atomic mass is 16.5. The van der Waals surface area contributed by atoms with Crippen LogP contribution in [0.5, 0.6) is 11.5 Å². The second-order valence-corrected chi connectivity index (χ2v) is 9.25. The van der Waals surface area contributed by atoms with Crippen molar-refractivity contribution in [2.75, 3.05) is 33.9 Å². The number of nitrogens with two attached hydrogens (primary N) is 1. The van der Waals surface area contributed by atoms with E-state index < -0.39 is 5.91 Å². The number of ether oxygens (including phenoxy) is 2. The first-order valence-corrected chi connectivity index (χ1v) is 12.5. The van der Waals surface area contributed by atoms with Gasteiger partial charge >= 0.3 is 0 Å². The molecule has 1 aliphatic rings. The van der Waals surface area contributed by atoms with Gasteiger partial charge in [0.25, 0.3) is 11.8 Å². The van der Waals surface area contributed by atoms with Gasteiger partial charge in [-0.2, -0.15) is 0 Å². The van der Waals surface area contributed by atoms with Crippen molar-refractivity contribution in [3.05, 3.63) is 89.1 Å². The third-order valence-electron chi connectivity index (χ3n) is 6.93. The van der Waals surface area contributed by atoms with Gasteiger partial charge in [0, 0.05) is 42.7 Å². The number of nitrogens with zero attached hydrogens (tertiary/aromatic N) is 2. The minimum absolute atomic E-state index is 0.161. The van der Waals surface area contributed by atoms with Gasteiger partial charge in [0.1, 0.15) is 5.69 Å². The number of hydrogen-bond donors (Lipinski definition) is 2. The van der Waals surface area contributed by atoms with Crippen molar-refractivity contribution in [2.24, 2.45) is 5.73 Å². The first kappa shape index (κ1) is 25.2. The van der Waals surface area contributed by atoms with E-state index in [9.17, 15) is 9.59 Å². The van der Waals surface area contributed by atoms with Crippen LogP contribution in [0.2, 0.25) is 0 Å². The Hall–Kier alpha value is -4.43. The molecule has 0 bridgehead atoms. The van der Waals surface area contributed by atoms with Crippen molar-refractivity contribution < 1.29 is 19.1 Å². The number of nitrogens with one attached hydrogen (secondary N) is 1. The lowest BCUT2D eigenvalue weighted by Gasteiger charge is -2.29. The van der Waals surface area contributed by atoms with Crippen LogP contribution in [0.1, 0.15) is 32.0 Å². The molecule has 8 nitrogen and oxygen atoms in total. The number of methoxy groups -OCH3 is 2. The van der Waals surface area contributed by atoms with E-state index in [4.69, 9.17) is 15.2 Å². The van der Waals surface area contributed by atoms with Crippen LogP contribution in [0, 0.1) is 0 Å². The zero-order valence-corrected chi connectivity index (χ0v) is 21.5. The number of aromatic nitrogens is 1. The summed E-state index contributed by atoms with van der Waals surface area (Å²) >= 11 is 0. The Bertz CT molecular complexity index is 1520. The van der Waals surface area contributed by atoms with Gasteiger partial charge in [-0.3, -0.25) is 14.5 Å². The van der Waals surface area contributed by atoms with Gasteiger partial charge in [-0.25, -0.2) is 4.98 Å². The summed E-state index contributed by atoms with van der Waals surface area (Å²) in [5.74, 6) is 0.659. The summed E-state index contributed by atoms with van der Waals surface area (Å²) < 4.78 is 10.9. The first-order chi connectivity index (χ1) is 18.5. The minimum Gasteiger partial charge on any atom is -0.493 e. The molecule has 2 heterocycles. The first-order valence-electron chi connectivity index (χ1n) is 12.5. The van der Waals surface area contributed by atoms with E-state index in [0.717, 1.165) is 41.8 Å². The van der Waals surface area contributed by atoms with E-state index in [0.29, 0.717) is 29.9 Å². The molecule has 8 heteroatoms. The van der Waals surface area contributed by atoms with Crippen LogP contribution < -0.4 is 20.5 Å². The van der Waals surface area contributed by atoms with Crippen molar-refractivity contribution in [3.8, 4) is 22.8 Å². The summed E-state index contributed by atoms with van der Waals surface area (Å²) in [5.41, 5.74) is 9.87. The Kier molecular flexibility index (Phi) is 7.24. The molecule has 0 unspecified atom stereocenters. The van der Waals surface area contributed by atoms with Crippen molar-refractivity contribution in [1.29, 1.82) is 0 Å². The highest BCUT2D eigenvalue weighted by Gasteiger charge is 2.21. The van der Waals surface area contributed by atoms with E-state index >= 15 is 0 Å². The van der Waals surface area contributed by atoms with E-state index in [1.807, 2.05) is 48.5 Å². The topological polar surface area (TPSA) is 107 Å². The Labute approximate surface area is 221 Å². The van der Waals surface area contributed by atoms with Crippen LogP contribution in [0.3, 0.4) is 0 Å². The average Bonchev–Trinajstić information content (AvgIpc) is 2.95. The third kappa shape index (κ3) is 5.03. The van der Waals surface area contributed by atoms with Crippen molar-refractivity contribution in [1.82, 2.24) is 15.2 Å². The van der Waals surface area contributed by atoms with Crippen molar-refractivity contribution in [3.63, 3.8) is 0 Å². The quantitative estimate of drug-likeness (QED) is 0.373. The van der Waals surface area contributed by atoms with Crippen LogP contribution in [0.25, 0.3) is 22.0 Å². The normalized spacial score (nSPS) is 13.1. The van der Waals surface area contributed by atoms with Gasteiger partial charge in [-0.1, -0.05) is 42.5 Å². The Morgan fingerprint density at radius 2 is 1.68 bits per heavy atom. The smallest absolute Gasteiger partial charge is 0.267 e. The van der Waals surface area contributed by atoms with Gasteiger partial charge in [0.2, 0.25) is 0 Å². The molecule has 3 aromatic carbocycles. The van der Waals surface area contributed by atoms with Gasteiger partial charge in [-0.15, -0.1) is 0 Å². The Morgan fingerprint density at radius 3 is 2.45 bits per heavy atom. The summed E-state index contributed by atoms with van der Waals surface area (Å²) in [6, 6.07) is 20.7. The maximum Gasteiger partial charge on any atom is 0.267 e. The van der Waals surface area contributed by atoms with Gasteiger partial charge in [0.15, 0.2) is 11.5 Å². The Morgan fingerprint density at radius 1 is 0.974 bits per heavy atom. The SMILES string of the molecule is COc1cc2c(cc1OC)CN(CCNC(=O)c1ccccc1-c1nc(C(N)=O)cc3ccccc13)CC2. The van der Waals surface area contributed by atoms with Crippen LogP contribution >= 0.6 is 0 Å². The summed E-state index contributed by atoms with van der Waals surface area (Å²) in [6.45, 7) is 2.87. The van der Waals surface area contributed by atoms with Crippen LogP contribution in [0.4, 0.5) is 0 Å². The van der Waals surface area contributed by atoms with Crippen LogP contribution in [0.15, 0.2) is 66.7 Å². The third-order valence-corrected chi connectivity index (χ3v) is 6.93. The highest BCUT2D eigenvalue weighted by Crippen LogP contribution is 2.33. The number of fused-ring (bicyclic) bond motifs is 2. The molecule has 0 atom stereocenters. The highest BCUT2D eigenvalue weighted by molar-refractivity contribution is 6.06. The molecule has 4 aromatic rings. The van der Waals surface area contributed by atoms with Gasteiger partial charge < -0.3 is 20.5 Å². The van der Waals surface area contributed by atoms with Crippen LogP contribution in [-0.4, -0.2) is 55.6 Å². The number of carbonyl (C=O) groups excluding carboxylic acids is 2. The van der Waals surface area contributed by atoms with Gasteiger partial charge in [-0.05, 0) is 47.2 Å².